The quantitative estimate of drug-likeness (QED) is 0.908. The number of hydrogen-bond acceptors (Lipinski definition) is 4. The highest BCUT2D eigenvalue weighted by molar-refractivity contribution is 5.32. The minimum Gasteiger partial charge on any atom is -0.384 e. The third-order valence-electron chi connectivity index (χ3n) is 4.09. The molecule has 1 aromatic carbocycles. The fourth-order valence-electron chi connectivity index (χ4n) is 2.97. The molecule has 1 fully saturated rings. The molecular weight excluding hydrogens is 252 g/mol. The minimum absolute atomic E-state index is 0.687. The van der Waals surface area contributed by atoms with E-state index in [2.05, 4.69) is 28.0 Å². The van der Waals surface area contributed by atoms with E-state index in [1.54, 1.807) is 12.7 Å². The smallest absolute Gasteiger partial charge is 0.137 e. The average molecular weight is 272 g/mol. The standard InChI is InChI=1S/C15H20N4O/c1-13-4-2-3-5-14(13)15(20)6-7-18(10-15)8-9-19-12-16-11-17-19/h2-5,11-12,20H,6-10H2,1H3/t15-/m1/s1. The van der Waals surface area contributed by atoms with Gasteiger partial charge >= 0.3 is 0 Å². The molecule has 0 unspecified atom stereocenters. The summed E-state index contributed by atoms with van der Waals surface area (Å²) in [4.78, 5) is 6.22. The molecule has 5 nitrogen and oxygen atoms in total. The molecule has 0 bridgehead atoms. The van der Waals surface area contributed by atoms with E-state index in [0.717, 1.165) is 37.2 Å². The van der Waals surface area contributed by atoms with Gasteiger partial charge in [0.25, 0.3) is 0 Å². The number of aromatic nitrogens is 3. The van der Waals surface area contributed by atoms with Crippen molar-refractivity contribution in [3.63, 3.8) is 0 Å². The summed E-state index contributed by atoms with van der Waals surface area (Å²) >= 11 is 0. The average Bonchev–Trinajstić information content (AvgIpc) is 3.07. The van der Waals surface area contributed by atoms with Crippen molar-refractivity contribution in [2.75, 3.05) is 19.6 Å². The van der Waals surface area contributed by atoms with Gasteiger partial charge in [-0.1, -0.05) is 24.3 Å². The molecule has 0 aliphatic carbocycles. The van der Waals surface area contributed by atoms with Crippen LogP contribution in [0.1, 0.15) is 17.5 Å². The van der Waals surface area contributed by atoms with Crippen molar-refractivity contribution < 1.29 is 5.11 Å². The van der Waals surface area contributed by atoms with Crippen molar-refractivity contribution in [1.82, 2.24) is 19.7 Å². The Morgan fingerprint density at radius 1 is 1.30 bits per heavy atom. The molecular formula is C15H20N4O. The van der Waals surface area contributed by atoms with Gasteiger partial charge in [-0.05, 0) is 24.5 Å². The second kappa shape index (κ2) is 5.34. The van der Waals surface area contributed by atoms with Gasteiger partial charge < -0.3 is 5.11 Å². The van der Waals surface area contributed by atoms with Crippen LogP contribution in [-0.4, -0.2) is 44.4 Å². The zero-order chi connectivity index (χ0) is 14.0. The van der Waals surface area contributed by atoms with Crippen LogP contribution in [0.15, 0.2) is 36.9 Å². The Morgan fingerprint density at radius 3 is 2.90 bits per heavy atom. The summed E-state index contributed by atoms with van der Waals surface area (Å²) in [6.07, 6.45) is 4.06. The number of likely N-dealkylation sites (tertiary alicyclic amines) is 1. The Kier molecular flexibility index (Phi) is 3.54. The molecule has 0 amide bonds. The maximum atomic E-state index is 10.9. The van der Waals surface area contributed by atoms with E-state index in [1.165, 1.54) is 0 Å². The minimum atomic E-state index is -0.715. The third-order valence-corrected chi connectivity index (χ3v) is 4.09. The van der Waals surface area contributed by atoms with Gasteiger partial charge in [-0.25, -0.2) is 4.98 Å². The van der Waals surface area contributed by atoms with Gasteiger partial charge in [0.05, 0.1) is 6.54 Å². The third kappa shape index (κ3) is 2.59. The van der Waals surface area contributed by atoms with Crippen molar-refractivity contribution in [1.29, 1.82) is 0 Å². The SMILES string of the molecule is Cc1ccccc1[C@@]1(O)CCN(CCn2cncn2)C1. The first-order valence-electron chi connectivity index (χ1n) is 7.01. The summed E-state index contributed by atoms with van der Waals surface area (Å²) in [6, 6.07) is 8.11. The van der Waals surface area contributed by atoms with E-state index in [4.69, 9.17) is 0 Å². The maximum absolute atomic E-state index is 10.9. The fraction of sp³-hybridized carbons (Fsp3) is 0.467. The first-order chi connectivity index (χ1) is 9.67. The highest BCUT2D eigenvalue weighted by Crippen LogP contribution is 2.33. The van der Waals surface area contributed by atoms with Crippen LogP contribution in [-0.2, 0) is 12.1 Å². The Morgan fingerprint density at radius 2 is 2.15 bits per heavy atom. The lowest BCUT2D eigenvalue weighted by Gasteiger charge is -2.25. The molecule has 5 heteroatoms. The van der Waals surface area contributed by atoms with Crippen molar-refractivity contribution >= 4 is 0 Å². The Bertz CT molecular complexity index is 569. The Hall–Kier alpha value is -1.72. The molecule has 1 saturated heterocycles. The Labute approximate surface area is 118 Å². The van der Waals surface area contributed by atoms with Gasteiger partial charge in [0, 0.05) is 19.6 Å². The van der Waals surface area contributed by atoms with E-state index >= 15 is 0 Å². The lowest BCUT2D eigenvalue weighted by molar-refractivity contribution is 0.0451. The fourth-order valence-corrected chi connectivity index (χ4v) is 2.97. The first-order valence-corrected chi connectivity index (χ1v) is 7.01. The lowest BCUT2D eigenvalue weighted by atomic mass is 9.89. The second-order valence-electron chi connectivity index (χ2n) is 5.53. The van der Waals surface area contributed by atoms with E-state index in [-0.39, 0.29) is 0 Å². The molecule has 1 aliphatic rings. The first kappa shape index (κ1) is 13.3. The topological polar surface area (TPSA) is 54.2 Å². The summed E-state index contributed by atoms with van der Waals surface area (Å²) in [5, 5.41) is 15.0. The molecule has 0 spiro atoms. The van der Waals surface area contributed by atoms with Crippen molar-refractivity contribution in [3.05, 3.63) is 48.0 Å². The highest BCUT2D eigenvalue weighted by atomic mass is 16.3. The van der Waals surface area contributed by atoms with Crippen LogP contribution >= 0.6 is 0 Å². The number of nitrogens with zero attached hydrogens (tertiary/aromatic N) is 4. The molecule has 20 heavy (non-hydrogen) atoms. The molecule has 0 radical (unpaired) electrons. The van der Waals surface area contributed by atoms with Gasteiger partial charge in [-0.3, -0.25) is 9.58 Å². The number of rotatable bonds is 4. The number of hydrogen-bond donors (Lipinski definition) is 1. The van der Waals surface area contributed by atoms with Gasteiger partial charge in [-0.15, -0.1) is 0 Å². The van der Waals surface area contributed by atoms with Crippen molar-refractivity contribution in [3.8, 4) is 0 Å². The van der Waals surface area contributed by atoms with Crippen LogP contribution in [0.25, 0.3) is 0 Å². The van der Waals surface area contributed by atoms with Crippen LogP contribution in [0.3, 0.4) is 0 Å². The van der Waals surface area contributed by atoms with Crippen LogP contribution < -0.4 is 0 Å². The van der Waals surface area contributed by atoms with Gasteiger partial charge in [0.2, 0.25) is 0 Å². The summed E-state index contributed by atoms with van der Waals surface area (Å²) in [5.74, 6) is 0. The zero-order valence-electron chi connectivity index (χ0n) is 11.7. The molecule has 106 valence electrons. The zero-order valence-corrected chi connectivity index (χ0v) is 11.7. The molecule has 1 N–H and O–H groups in total. The molecule has 0 saturated carbocycles. The number of aryl methyl sites for hydroxylation is 1. The predicted octanol–water partition coefficient (Wildman–Crippen LogP) is 1.18. The number of β-amino-alcohol motifs (C(OH)–C–C–N with tert-alkyl or cyclic N) is 1. The van der Waals surface area contributed by atoms with Crippen LogP contribution in [0, 0.1) is 6.92 Å². The van der Waals surface area contributed by atoms with Crippen LogP contribution in [0.2, 0.25) is 0 Å². The highest BCUT2D eigenvalue weighted by Gasteiger charge is 2.38. The molecule has 1 aliphatic heterocycles. The summed E-state index contributed by atoms with van der Waals surface area (Å²) < 4.78 is 1.82. The largest absolute Gasteiger partial charge is 0.384 e. The van der Waals surface area contributed by atoms with E-state index in [1.807, 2.05) is 22.9 Å². The summed E-state index contributed by atoms with van der Waals surface area (Å²) in [7, 11) is 0. The van der Waals surface area contributed by atoms with Crippen molar-refractivity contribution in [2.45, 2.75) is 25.5 Å². The molecule has 3 rings (SSSR count). The number of aliphatic hydroxyl groups is 1. The van der Waals surface area contributed by atoms with Crippen molar-refractivity contribution in [2.24, 2.45) is 0 Å². The molecule has 1 aromatic heterocycles. The van der Waals surface area contributed by atoms with E-state index in [9.17, 15) is 5.11 Å². The maximum Gasteiger partial charge on any atom is 0.137 e. The molecule has 1 atom stereocenters. The van der Waals surface area contributed by atoms with Gasteiger partial charge in [-0.2, -0.15) is 5.10 Å². The summed E-state index contributed by atoms with van der Waals surface area (Å²) in [6.45, 7) is 5.36. The normalized spacial score (nSPS) is 23.3. The van der Waals surface area contributed by atoms with E-state index in [0.29, 0.717) is 6.54 Å². The molecule has 2 heterocycles. The Balaban J connectivity index is 1.65. The summed E-state index contributed by atoms with van der Waals surface area (Å²) in [5.41, 5.74) is 1.50. The van der Waals surface area contributed by atoms with Crippen LogP contribution in [0.4, 0.5) is 0 Å². The molecule has 2 aromatic rings. The predicted molar refractivity (Wildman–Crippen MR) is 76.2 cm³/mol. The van der Waals surface area contributed by atoms with Gasteiger partial charge in [0.15, 0.2) is 0 Å². The second-order valence-corrected chi connectivity index (χ2v) is 5.53. The number of benzene rings is 1. The van der Waals surface area contributed by atoms with E-state index < -0.39 is 5.60 Å². The van der Waals surface area contributed by atoms with Gasteiger partial charge in [0.1, 0.15) is 18.3 Å². The van der Waals surface area contributed by atoms with Crippen LogP contribution in [0.5, 0.6) is 0 Å². The lowest BCUT2D eigenvalue weighted by Crippen LogP contribution is -2.33. The monoisotopic (exact) mass is 272 g/mol.